The van der Waals surface area contributed by atoms with E-state index in [0.717, 1.165) is 11.3 Å². The quantitative estimate of drug-likeness (QED) is 0.877. The van der Waals surface area contributed by atoms with Crippen LogP contribution in [-0.4, -0.2) is 20.1 Å². The fraction of sp³-hybridized carbons (Fsp3) is 0.0769. The van der Waals surface area contributed by atoms with E-state index in [9.17, 15) is 9.60 Å². The first-order chi connectivity index (χ1) is 9.60. The molecule has 1 N–H and O–H groups in total. The average Bonchev–Trinajstić information content (AvgIpc) is 2.81. The third-order valence-corrected chi connectivity index (χ3v) is 3.25. The summed E-state index contributed by atoms with van der Waals surface area (Å²) in [6.45, 7) is 0.120. The van der Waals surface area contributed by atoms with Crippen molar-refractivity contribution in [3.05, 3.63) is 52.4 Å². The minimum absolute atomic E-state index is 0.120. The second-order valence-electron chi connectivity index (χ2n) is 4.27. The largest absolute Gasteiger partial charge is 0.289 e. The molecule has 100 valence electrons. The van der Waals surface area contributed by atoms with Crippen LogP contribution in [-0.2, 0) is 6.54 Å². The van der Waals surface area contributed by atoms with E-state index in [0.29, 0.717) is 21.8 Å². The van der Waals surface area contributed by atoms with Crippen molar-refractivity contribution in [2.24, 2.45) is 0 Å². The Hall–Kier alpha value is -2.36. The minimum atomic E-state index is -0.641. The number of nitrogens with zero attached hydrogens (tertiary/aromatic N) is 4. The molecule has 0 atom stereocenters. The predicted octanol–water partition coefficient (Wildman–Crippen LogP) is 2.87. The summed E-state index contributed by atoms with van der Waals surface area (Å²) in [5, 5.41) is 23.7. The van der Waals surface area contributed by atoms with Gasteiger partial charge in [-0.15, -0.1) is 0 Å². The normalized spacial score (nSPS) is 13.7. The van der Waals surface area contributed by atoms with Gasteiger partial charge in [0.25, 0.3) is 0 Å². The average molecular weight is 291 g/mol. The number of rotatable bonds is 1. The van der Waals surface area contributed by atoms with Crippen LogP contribution >= 0.6 is 11.6 Å². The van der Waals surface area contributed by atoms with Crippen molar-refractivity contribution in [3.63, 3.8) is 0 Å². The number of aromatic nitrogens is 2. The van der Waals surface area contributed by atoms with Crippen molar-refractivity contribution in [2.45, 2.75) is 6.54 Å². The van der Waals surface area contributed by atoms with Gasteiger partial charge in [0, 0.05) is 11.8 Å². The van der Waals surface area contributed by atoms with Crippen LogP contribution in [0.5, 0.6) is 0 Å². The number of hydrogen-bond acceptors (Lipinski definition) is 4. The van der Waals surface area contributed by atoms with Crippen molar-refractivity contribution in [1.82, 2.24) is 14.8 Å². The smallest absolute Gasteiger partial charge is 0.169 e. The van der Waals surface area contributed by atoms with Gasteiger partial charge in [-0.3, -0.25) is 10.3 Å². The standard InChI is InChI=1S/C13H8ClFN4O/c14-10-3-1-2-8(4-16)13(10)19-6-9-5-18(20)7-11(15)12(9)17-19/h1-3,6-7,20H,5H2. The number of hydroxylamine groups is 2. The Labute approximate surface area is 118 Å². The van der Waals surface area contributed by atoms with Gasteiger partial charge in [-0.2, -0.15) is 10.4 Å². The molecule has 0 saturated carbocycles. The third kappa shape index (κ3) is 1.93. The molecule has 1 aromatic heterocycles. The van der Waals surface area contributed by atoms with Crippen LogP contribution in [0.4, 0.5) is 4.39 Å². The first-order valence-corrected chi connectivity index (χ1v) is 6.08. The van der Waals surface area contributed by atoms with Gasteiger partial charge in [-0.25, -0.2) is 9.07 Å². The van der Waals surface area contributed by atoms with E-state index in [4.69, 9.17) is 16.9 Å². The van der Waals surface area contributed by atoms with E-state index in [1.807, 2.05) is 6.07 Å². The van der Waals surface area contributed by atoms with Crippen LogP contribution in [0.1, 0.15) is 16.8 Å². The number of hydrogen-bond donors (Lipinski definition) is 1. The molecule has 7 heteroatoms. The highest BCUT2D eigenvalue weighted by Gasteiger charge is 2.22. The van der Waals surface area contributed by atoms with Gasteiger partial charge >= 0.3 is 0 Å². The van der Waals surface area contributed by atoms with E-state index in [-0.39, 0.29) is 12.2 Å². The van der Waals surface area contributed by atoms with Gasteiger partial charge in [0.2, 0.25) is 0 Å². The maximum atomic E-state index is 13.7. The van der Waals surface area contributed by atoms with Gasteiger partial charge in [-0.05, 0) is 12.1 Å². The van der Waals surface area contributed by atoms with Crippen molar-refractivity contribution in [3.8, 4) is 11.8 Å². The SMILES string of the molecule is N#Cc1cccc(Cl)c1-n1cc2c(n1)C(F)=CN(O)C2. The second-order valence-corrected chi connectivity index (χ2v) is 4.68. The number of halogens is 2. The first kappa shape index (κ1) is 12.7. The zero-order chi connectivity index (χ0) is 14.3. The summed E-state index contributed by atoms with van der Waals surface area (Å²) in [5.41, 5.74) is 1.38. The van der Waals surface area contributed by atoms with Crippen molar-refractivity contribution in [2.75, 3.05) is 0 Å². The summed E-state index contributed by atoms with van der Waals surface area (Å²) in [7, 11) is 0. The molecule has 0 unspecified atom stereocenters. The lowest BCUT2D eigenvalue weighted by molar-refractivity contribution is -0.0509. The molecule has 20 heavy (non-hydrogen) atoms. The van der Waals surface area contributed by atoms with Gasteiger partial charge in [0.05, 0.1) is 23.3 Å². The Balaban J connectivity index is 2.18. The van der Waals surface area contributed by atoms with Crippen molar-refractivity contribution in [1.29, 1.82) is 5.26 Å². The van der Waals surface area contributed by atoms with Crippen LogP contribution in [0.2, 0.25) is 5.02 Å². The summed E-state index contributed by atoms with van der Waals surface area (Å²) < 4.78 is 15.1. The molecule has 0 saturated heterocycles. The minimum Gasteiger partial charge on any atom is -0.289 e. The molecule has 0 amide bonds. The first-order valence-electron chi connectivity index (χ1n) is 5.71. The Kier molecular flexibility index (Phi) is 2.93. The molecule has 0 fully saturated rings. The van der Waals surface area contributed by atoms with Crippen LogP contribution in [0.3, 0.4) is 0 Å². The molecular formula is C13H8ClFN4O. The van der Waals surface area contributed by atoms with E-state index >= 15 is 0 Å². The molecule has 1 aliphatic rings. The van der Waals surface area contributed by atoms with Gasteiger partial charge in [0.1, 0.15) is 17.5 Å². The molecule has 0 aliphatic carbocycles. The maximum absolute atomic E-state index is 13.7. The fourth-order valence-corrected chi connectivity index (χ4v) is 2.35. The number of para-hydroxylation sites is 1. The Morgan fingerprint density at radius 2 is 2.25 bits per heavy atom. The molecule has 0 bridgehead atoms. The molecule has 3 rings (SSSR count). The maximum Gasteiger partial charge on any atom is 0.169 e. The highest BCUT2D eigenvalue weighted by molar-refractivity contribution is 6.32. The van der Waals surface area contributed by atoms with E-state index in [1.165, 1.54) is 4.68 Å². The molecule has 1 aromatic carbocycles. The molecular weight excluding hydrogens is 283 g/mol. The number of benzene rings is 1. The highest BCUT2D eigenvalue weighted by Crippen LogP contribution is 2.29. The van der Waals surface area contributed by atoms with Crippen LogP contribution in [0, 0.1) is 11.3 Å². The molecule has 0 radical (unpaired) electrons. The van der Waals surface area contributed by atoms with Crippen LogP contribution < -0.4 is 0 Å². The lowest BCUT2D eigenvalue weighted by Gasteiger charge is -2.15. The summed E-state index contributed by atoms with van der Waals surface area (Å²) in [6.07, 6.45) is 2.50. The molecule has 2 aromatic rings. The van der Waals surface area contributed by atoms with Gasteiger partial charge < -0.3 is 0 Å². The summed E-state index contributed by atoms with van der Waals surface area (Å²) in [4.78, 5) is 0. The summed E-state index contributed by atoms with van der Waals surface area (Å²) in [6, 6.07) is 6.91. The molecule has 1 aliphatic heterocycles. The zero-order valence-electron chi connectivity index (χ0n) is 10.1. The molecule has 2 heterocycles. The van der Waals surface area contributed by atoms with E-state index in [1.54, 1.807) is 24.4 Å². The fourth-order valence-electron chi connectivity index (χ4n) is 2.09. The predicted molar refractivity (Wildman–Crippen MR) is 69.7 cm³/mol. The summed E-state index contributed by atoms with van der Waals surface area (Å²) in [5.74, 6) is -0.641. The molecule has 0 spiro atoms. The Morgan fingerprint density at radius 1 is 1.45 bits per heavy atom. The van der Waals surface area contributed by atoms with E-state index < -0.39 is 5.83 Å². The van der Waals surface area contributed by atoms with E-state index in [2.05, 4.69) is 5.10 Å². The highest BCUT2D eigenvalue weighted by atomic mass is 35.5. The monoisotopic (exact) mass is 290 g/mol. The van der Waals surface area contributed by atoms with Crippen molar-refractivity contribution < 1.29 is 9.60 Å². The van der Waals surface area contributed by atoms with Crippen molar-refractivity contribution >= 4 is 17.4 Å². The number of fused-ring (bicyclic) bond motifs is 1. The van der Waals surface area contributed by atoms with Crippen LogP contribution in [0.15, 0.2) is 30.6 Å². The number of nitriles is 1. The summed E-state index contributed by atoms with van der Waals surface area (Å²) >= 11 is 6.09. The van der Waals surface area contributed by atoms with Gasteiger partial charge in [0.15, 0.2) is 5.83 Å². The molecule has 5 nitrogen and oxygen atoms in total. The Bertz CT molecular complexity index is 762. The Morgan fingerprint density at radius 3 is 3.00 bits per heavy atom. The van der Waals surface area contributed by atoms with Gasteiger partial charge in [-0.1, -0.05) is 17.7 Å². The zero-order valence-corrected chi connectivity index (χ0v) is 10.8. The topological polar surface area (TPSA) is 65.1 Å². The lowest BCUT2D eigenvalue weighted by atomic mass is 10.2. The third-order valence-electron chi connectivity index (χ3n) is 2.95. The second kappa shape index (κ2) is 4.63. The lowest BCUT2D eigenvalue weighted by Crippen LogP contribution is -2.15. The van der Waals surface area contributed by atoms with Crippen LogP contribution in [0.25, 0.3) is 11.5 Å².